The van der Waals surface area contributed by atoms with Crippen molar-refractivity contribution >= 4 is 17.4 Å². The predicted octanol–water partition coefficient (Wildman–Crippen LogP) is 5.48. The third-order valence-corrected chi connectivity index (χ3v) is 5.51. The van der Waals surface area contributed by atoms with E-state index >= 15 is 0 Å². The first-order valence-electron chi connectivity index (χ1n) is 10.0. The molecule has 0 spiro atoms. The maximum absolute atomic E-state index is 14.4. The van der Waals surface area contributed by atoms with Crippen molar-refractivity contribution in [3.8, 4) is 11.5 Å². The molecule has 3 aromatic rings. The molecule has 2 aromatic carbocycles. The van der Waals surface area contributed by atoms with E-state index in [2.05, 4.69) is 47.5 Å². The van der Waals surface area contributed by atoms with Gasteiger partial charge in [-0.15, -0.1) is 0 Å². The van der Waals surface area contributed by atoms with Crippen LogP contribution in [0.2, 0.25) is 5.02 Å². The summed E-state index contributed by atoms with van der Waals surface area (Å²) in [6, 6.07) is 12.9. The Bertz CT molecular complexity index is 1150. The van der Waals surface area contributed by atoms with E-state index in [1.54, 1.807) is 12.3 Å². The standard InChI is InChI=1S/C24H23ClFN3O2/c1-14-7-8-17(9-15(14)2)11-18-13-30-29-24(28-18)19-10-16(3)27-12-22(19)31-21-6-4-5-20(25)23(21)26/h4-10,12,18H,11,13H2,1-3H3,(H,28,29). The highest BCUT2D eigenvalue weighted by Gasteiger charge is 2.23. The van der Waals surface area contributed by atoms with E-state index in [1.807, 2.05) is 13.0 Å². The van der Waals surface area contributed by atoms with Crippen LogP contribution in [0.5, 0.6) is 11.5 Å². The van der Waals surface area contributed by atoms with Crippen molar-refractivity contribution in [3.05, 3.63) is 87.4 Å². The Labute approximate surface area is 185 Å². The molecular formula is C24H23ClFN3O2. The van der Waals surface area contributed by atoms with Gasteiger partial charge in [-0.05, 0) is 62.1 Å². The van der Waals surface area contributed by atoms with Crippen molar-refractivity contribution in [2.75, 3.05) is 6.61 Å². The van der Waals surface area contributed by atoms with Gasteiger partial charge in [-0.1, -0.05) is 41.0 Å². The molecule has 1 aliphatic heterocycles. The molecule has 0 saturated carbocycles. The average Bonchev–Trinajstić information content (AvgIpc) is 2.75. The van der Waals surface area contributed by atoms with Gasteiger partial charge in [0, 0.05) is 5.69 Å². The lowest BCUT2D eigenvalue weighted by Gasteiger charge is -2.25. The van der Waals surface area contributed by atoms with Gasteiger partial charge in [0.15, 0.2) is 23.2 Å². The van der Waals surface area contributed by atoms with E-state index in [0.29, 0.717) is 23.8 Å². The van der Waals surface area contributed by atoms with Crippen LogP contribution in [0.15, 0.2) is 53.8 Å². The lowest BCUT2D eigenvalue weighted by atomic mass is 10.0. The summed E-state index contributed by atoms with van der Waals surface area (Å²) in [5.41, 5.74) is 5.15. The number of pyridine rings is 1. The van der Waals surface area contributed by atoms with Crippen LogP contribution in [0.25, 0.3) is 0 Å². The Morgan fingerprint density at radius 3 is 2.77 bits per heavy atom. The number of nitrogens with zero attached hydrogens (tertiary/aromatic N) is 2. The SMILES string of the molecule is Cc1cc(C2=NOCC(Cc3ccc(C)c(C)c3)N2)c(Oc2cccc(Cl)c2F)cn1. The summed E-state index contributed by atoms with van der Waals surface area (Å²) < 4.78 is 20.2. The number of amidine groups is 1. The van der Waals surface area contributed by atoms with E-state index in [-0.39, 0.29) is 16.8 Å². The van der Waals surface area contributed by atoms with Gasteiger partial charge in [0.1, 0.15) is 6.61 Å². The van der Waals surface area contributed by atoms with Gasteiger partial charge in [-0.25, -0.2) is 4.39 Å². The van der Waals surface area contributed by atoms with E-state index in [1.165, 1.54) is 28.8 Å². The molecule has 160 valence electrons. The van der Waals surface area contributed by atoms with Gasteiger partial charge in [0.05, 0.1) is 22.8 Å². The van der Waals surface area contributed by atoms with Crippen LogP contribution in [0.4, 0.5) is 4.39 Å². The van der Waals surface area contributed by atoms with Gasteiger partial charge >= 0.3 is 0 Å². The topological polar surface area (TPSA) is 55.7 Å². The Morgan fingerprint density at radius 2 is 1.97 bits per heavy atom. The first-order valence-corrected chi connectivity index (χ1v) is 10.4. The molecule has 1 atom stereocenters. The third kappa shape index (κ3) is 4.80. The molecule has 0 aliphatic carbocycles. The zero-order valence-electron chi connectivity index (χ0n) is 17.6. The summed E-state index contributed by atoms with van der Waals surface area (Å²) in [4.78, 5) is 9.80. The summed E-state index contributed by atoms with van der Waals surface area (Å²) in [6.45, 7) is 6.51. The van der Waals surface area contributed by atoms with E-state index in [4.69, 9.17) is 21.2 Å². The van der Waals surface area contributed by atoms with Gasteiger partial charge < -0.3 is 14.9 Å². The van der Waals surface area contributed by atoms with E-state index in [0.717, 1.165) is 12.1 Å². The number of aryl methyl sites for hydroxylation is 3. The monoisotopic (exact) mass is 439 g/mol. The number of aromatic nitrogens is 1. The number of nitrogens with one attached hydrogen (secondary N) is 1. The third-order valence-electron chi connectivity index (χ3n) is 5.22. The van der Waals surface area contributed by atoms with Crippen molar-refractivity contribution in [2.45, 2.75) is 33.2 Å². The van der Waals surface area contributed by atoms with Crippen LogP contribution < -0.4 is 10.1 Å². The second kappa shape index (κ2) is 8.94. The van der Waals surface area contributed by atoms with E-state index in [9.17, 15) is 4.39 Å². The smallest absolute Gasteiger partial charge is 0.184 e. The van der Waals surface area contributed by atoms with E-state index < -0.39 is 5.82 Å². The first kappa shape index (κ1) is 21.1. The molecule has 4 rings (SSSR count). The minimum atomic E-state index is -0.627. The van der Waals surface area contributed by atoms with Crippen LogP contribution in [0.1, 0.15) is 27.9 Å². The molecule has 0 bridgehead atoms. The van der Waals surface area contributed by atoms with Crippen molar-refractivity contribution in [1.29, 1.82) is 0 Å². The molecule has 0 amide bonds. The maximum atomic E-state index is 14.4. The number of hydrogen-bond donors (Lipinski definition) is 1. The van der Waals surface area contributed by atoms with Crippen molar-refractivity contribution in [2.24, 2.45) is 5.16 Å². The molecule has 2 heterocycles. The molecule has 1 unspecified atom stereocenters. The van der Waals surface area contributed by atoms with Gasteiger partial charge in [-0.3, -0.25) is 4.98 Å². The summed E-state index contributed by atoms with van der Waals surface area (Å²) in [5.74, 6) is 0.262. The van der Waals surface area contributed by atoms with Gasteiger partial charge in [0.25, 0.3) is 0 Å². The molecule has 1 N–H and O–H groups in total. The summed E-state index contributed by atoms with van der Waals surface area (Å²) in [5, 5.41) is 7.60. The summed E-state index contributed by atoms with van der Waals surface area (Å²) in [7, 11) is 0. The molecule has 31 heavy (non-hydrogen) atoms. The van der Waals surface area contributed by atoms with Gasteiger partial charge in [-0.2, -0.15) is 0 Å². The molecule has 7 heteroatoms. The molecule has 1 aliphatic rings. The van der Waals surface area contributed by atoms with Crippen molar-refractivity contribution < 1.29 is 14.0 Å². The van der Waals surface area contributed by atoms with Crippen LogP contribution in [-0.2, 0) is 11.3 Å². The fourth-order valence-corrected chi connectivity index (χ4v) is 3.57. The summed E-state index contributed by atoms with van der Waals surface area (Å²) in [6.07, 6.45) is 2.32. The Hall–Kier alpha value is -3.12. The Balaban J connectivity index is 1.58. The number of rotatable bonds is 5. The minimum Gasteiger partial charge on any atom is -0.452 e. The number of halogens is 2. The normalized spacial score (nSPS) is 15.6. The van der Waals surface area contributed by atoms with Crippen LogP contribution in [0, 0.1) is 26.6 Å². The largest absolute Gasteiger partial charge is 0.452 e. The molecule has 1 aromatic heterocycles. The predicted molar refractivity (Wildman–Crippen MR) is 119 cm³/mol. The highest BCUT2D eigenvalue weighted by molar-refractivity contribution is 6.30. The number of benzene rings is 2. The van der Waals surface area contributed by atoms with Crippen molar-refractivity contribution in [1.82, 2.24) is 10.3 Å². The fraction of sp³-hybridized carbons (Fsp3) is 0.250. The Kier molecular flexibility index (Phi) is 6.09. The second-order valence-electron chi connectivity index (χ2n) is 7.68. The average molecular weight is 440 g/mol. The zero-order valence-corrected chi connectivity index (χ0v) is 18.3. The minimum absolute atomic E-state index is 0.0101. The molecule has 0 radical (unpaired) electrons. The zero-order chi connectivity index (χ0) is 22.0. The van der Waals surface area contributed by atoms with Crippen LogP contribution >= 0.6 is 11.6 Å². The number of oxime groups is 1. The molecule has 5 nitrogen and oxygen atoms in total. The number of ether oxygens (including phenoxy) is 1. The summed E-state index contributed by atoms with van der Waals surface area (Å²) >= 11 is 5.88. The van der Waals surface area contributed by atoms with Gasteiger partial charge in [0.2, 0.25) is 0 Å². The molecule has 0 fully saturated rings. The quantitative estimate of drug-likeness (QED) is 0.571. The Morgan fingerprint density at radius 1 is 1.13 bits per heavy atom. The fourth-order valence-electron chi connectivity index (χ4n) is 3.40. The highest BCUT2D eigenvalue weighted by atomic mass is 35.5. The lowest BCUT2D eigenvalue weighted by Crippen LogP contribution is -2.43. The van der Waals surface area contributed by atoms with Crippen LogP contribution in [-0.4, -0.2) is 23.5 Å². The lowest BCUT2D eigenvalue weighted by molar-refractivity contribution is 0.109. The molecular weight excluding hydrogens is 417 g/mol. The second-order valence-corrected chi connectivity index (χ2v) is 8.08. The van der Waals surface area contributed by atoms with Crippen molar-refractivity contribution in [3.63, 3.8) is 0 Å². The maximum Gasteiger partial charge on any atom is 0.184 e. The van der Waals surface area contributed by atoms with Crippen LogP contribution in [0.3, 0.4) is 0 Å². The molecule has 0 saturated heterocycles. The highest BCUT2D eigenvalue weighted by Crippen LogP contribution is 2.31. The first-order chi connectivity index (χ1) is 14.9. The number of hydrogen-bond acceptors (Lipinski definition) is 5.